The van der Waals surface area contributed by atoms with Crippen LogP contribution in [-0.4, -0.2) is 61.9 Å². The second-order valence-electron chi connectivity index (χ2n) is 8.63. The van der Waals surface area contributed by atoms with E-state index in [0.29, 0.717) is 17.7 Å². The van der Waals surface area contributed by atoms with Crippen molar-refractivity contribution in [3.63, 3.8) is 0 Å². The van der Waals surface area contributed by atoms with Gasteiger partial charge in [0.05, 0.1) is 13.4 Å². The van der Waals surface area contributed by atoms with E-state index in [1.54, 1.807) is 30.3 Å². The zero-order chi connectivity index (χ0) is 23.1. The van der Waals surface area contributed by atoms with Gasteiger partial charge in [-0.25, -0.2) is 17.5 Å². The standard InChI is InChI=1S/C23H27FN2O5S/c1-31-22(28)23(14-19(25-32(2,29)30)20-7-5-11-26(20)23)13-15-9-10-18(24)17(12-15)16-6-3-4-8-21(16)27/h3-4,6,8-10,12,19-20,25,27H,5,7,11,13-14H2,1-2H3/t19-,20+,23+/m1/s1. The highest BCUT2D eigenvalue weighted by atomic mass is 32.2. The van der Waals surface area contributed by atoms with Crippen LogP contribution in [0.2, 0.25) is 0 Å². The number of halogens is 1. The molecular weight excluding hydrogens is 435 g/mol. The summed E-state index contributed by atoms with van der Waals surface area (Å²) in [6.45, 7) is 0.648. The molecule has 2 aromatic rings. The Balaban J connectivity index is 1.74. The molecule has 0 radical (unpaired) electrons. The minimum Gasteiger partial charge on any atom is -0.507 e. The lowest BCUT2D eigenvalue weighted by Gasteiger charge is -2.35. The van der Waals surface area contributed by atoms with Gasteiger partial charge in [-0.05, 0) is 49.6 Å². The summed E-state index contributed by atoms with van der Waals surface area (Å²) in [5.74, 6) is -0.954. The number of rotatable bonds is 6. The molecule has 0 bridgehead atoms. The van der Waals surface area contributed by atoms with Gasteiger partial charge in [0.1, 0.15) is 17.1 Å². The summed E-state index contributed by atoms with van der Waals surface area (Å²) >= 11 is 0. The van der Waals surface area contributed by atoms with Crippen molar-refractivity contribution in [3.05, 3.63) is 53.8 Å². The van der Waals surface area contributed by atoms with Crippen LogP contribution in [0.4, 0.5) is 4.39 Å². The van der Waals surface area contributed by atoms with E-state index >= 15 is 0 Å². The first-order valence-corrected chi connectivity index (χ1v) is 12.4. The molecular formula is C23H27FN2O5S. The Morgan fingerprint density at radius 3 is 2.72 bits per heavy atom. The van der Waals surface area contributed by atoms with E-state index < -0.39 is 33.4 Å². The van der Waals surface area contributed by atoms with Crippen molar-refractivity contribution >= 4 is 16.0 Å². The van der Waals surface area contributed by atoms with Gasteiger partial charge >= 0.3 is 5.97 Å². The van der Waals surface area contributed by atoms with Gasteiger partial charge in [-0.1, -0.05) is 24.3 Å². The largest absolute Gasteiger partial charge is 0.507 e. The Kier molecular flexibility index (Phi) is 6.00. The molecule has 0 saturated carbocycles. The Bertz CT molecular complexity index is 1140. The average molecular weight is 463 g/mol. The normalized spacial score (nSPS) is 25.6. The summed E-state index contributed by atoms with van der Waals surface area (Å²) in [5, 5.41) is 10.2. The van der Waals surface area contributed by atoms with Crippen molar-refractivity contribution in [2.75, 3.05) is 19.9 Å². The number of hydrogen-bond donors (Lipinski definition) is 2. The van der Waals surface area contributed by atoms with Crippen LogP contribution in [0.1, 0.15) is 24.8 Å². The van der Waals surface area contributed by atoms with Crippen molar-refractivity contribution in [2.24, 2.45) is 0 Å². The molecule has 4 rings (SSSR count). The van der Waals surface area contributed by atoms with Gasteiger partial charge in [0.15, 0.2) is 0 Å². The number of aromatic hydroxyl groups is 1. The lowest BCUT2D eigenvalue weighted by Crippen LogP contribution is -2.53. The number of phenolic OH excluding ortho intramolecular Hbond substituents is 1. The highest BCUT2D eigenvalue weighted by Crippen LogP contribution is 2.44. The Morgan fingerprint density at radius 1 is 1.28 bits per heavy atom. The number of phenols is 1. The van der Waals surface area contributed by atoms with Gasteiger partial charge < -0.3 is 9.84 Å². The maximum absolute atomic E-state index is 14.6. The highest BCUT2D eigenvalue weighted by Gasteiger charge is 2.58. The minimum absolute atomic E-state index is 0.0379. The van der Waals surface area contributed by atoms with E-state index in [1.807, 2.05) is 4.90 Å². The number of esters is 1. The lowest BCUT2D eigenvalue weighted by atomic mass is 9.85. The van der Waals surface area contributed by atoms with E-state index in [0.717, 1.165) is 19.1 Å². The monoisotopic (exact) mass is 462 g/mol. The molecule has 0 aromatic heterocycles. The van der Waals surface area contributed by atoms with Crippen LogP contribution in [0.15, 0.2) is 42.5 Å². The van der Waals surface area contributed by atoms with Crippen molar-refractivity contribution < 1.29 is 27.4 Å². The molecule has 0 spiro atoms. The molecule has 7 nitrogen and oxygen atoms in total. The molecule has 32 heavy (non-hydrogen) atoms. The van der Waals surface area contributed by atoms with Gasteiger partial charge in [-0.3, -0.25) is 9.69 Å². The lowest BCUT2D eigenvalue weighted by molar-refractivity contribution is -0.153. The van der Waals surface area contributed by atoms with Crippen molar-refractivity contribution in [1.82, 2.24) is 9.62 Å². The van der Waals surface area contributed by atoms with Gasteiger partial charge in [-0.15, -0.1) is 0 Å². The van der Waals surface area contributed by atoms with E-state index in [1.165, 1.54) is 19.2 Å². The zero-order valence-corrected chi connectivity index (χ0v) is 18.9. The Labute approximate surface area is 187 Å². The van der Waals surface area contributed by atoms with Crippen molar-refractivity contribution in [3.8, 4) is 16.9 Å². The van der Waals surface area contributed by atoms with Crippen LogP contribution in [0.25, 0.3) is 11.1 Å². The van der Waals surface area contributed by atoms with Gasteiger partial charge in [0.2, 0.25) is 10.0 Å². The third kappa shape index (κ3) is 4.12. The summed E-state index contributed by atoms with van der Waals surface area (Å²) < 4.78 is 46.4. The Morgan fingerprint density at radius 2 is 2.03 bits per heavy atom. The van der Waals surface area contributed by atoms with Crippen LogP contribution in [0, 0.1) is 5.82 Å². The maximum Gasteiger partial charge on any atom is 0.326 e. The average Bonchev–Trinajstić information content (AvgIpc) is 3.32. The van der Waals surface area contributed by atoms with Gasteiger partial charge in [0.25, 0.3) is 0 Å². The molecule has 3 atom stereocenters. The predicted octanol–water partition coefficient (Wildman–Crippen LogP) is 2.44. The predicted molar refractivity (Wildman–Crippen MR) is 118 cm³/mol. The molecule has 172 valence electrons. The highest BCUT2D eigenvalue weighted by molar-refractivity contribution is 7.88. The number of carbonyl (C=O) groups excluding carboxylic acids is 1. The van der Waals surface area contributed by atoms with Crippen LogP contribution >= 0.6 is 0 Å². The SMILES string of the molecule is COC(=O)[C@]1(Cc2ccc(F)c(-c3ccccc3O)c2)C[C@@H](NS(C)(=O)=O)[C@@H]2CCCN21. The van der Waals surface area contributed by atoms with Crippen molar-refractivity contribution in [2.45, 2.75) is 43.3 Å². The topological polar surface area (TPSA) is 95.9 Å². The third-order valence-electron chi connectivity index (χ3n) is 6.52. The fraction of sp³-hybridized carbons (Fsp3) is 0.435. The zero-order valence-electron chi connectivity index (χ0n) is 18.0. The second kappa shape index (κ2) is 8.46. The molecule has 0 unspecified atom stereocenters. The van der Waals surface area contributed by atoms with Crippen LogP contribution in [0.3, 0.4) is 0 Å². The fourth-order valence-corrected chi connectivity index (χ4v) is 6.11. The molecule has 0 amide bonds. The number of ether oxygens (including phenoxy) is 1. The number of carbonyl (C=O) groups is 1. The molecule has 2 aromatic carbocycles. The molecule has 2 aliphatic heterocycles. The number of benzene rings is 2. The number of hydrogen-bond acceptors (Lipinski definition) is 6. The van der Waals surface area contributed by atoms with E-state index in [-0.39, 0.29) is 30.2 Å². The number of sulfonamides is 1. The van der Waals surface area contributed by atoms with E-state index in [4.69, 9.17) is 4.74 Å². The maximum atomic E-state index is 14.6. The van der Waals surface area contributed by atoms with Gasteiger partial charge in [-0.2, -0.15) is 0 Å². The second-order valence-corrected chi connectivity index (χ2v) is 10.4. The Hall–Kier alpha value is -2.49. The van der Waals surface area contributed by atoms with Crippen LogP contribution < -0.4 is 4.72 Å². The summed E-state index contributed by atoms with van der Waals surface area (Å²) in [6.07, 6.45) is 3.24. The molecule has 2 fully saturated rings. The summed E-state index contributed by atoms with van der Waals surface area (Å²) in [6, 6.07) is 10.6. The smallest absolute Gasteiger partial charge is 0.326 e. The molecule has 2 aliphatic rings. The van der Waals surface area contributed by atoms with Gasteiger partial charge in [0, 0.05) is 29.6 Å². The summed E-state index contributed by atoms with van der Waals surface area (Å²) in [5.41, 5.74) is 0.232. The first-order valence-electron chi connectivity index (χ1n) is 10.5. The first-order chi connectivity index (χ1) is 15.1. The van der Waals surface area contributed by atoms with Crippen LogP contribution in [0.5, 0.6) is 5.75 Å². The number of para-hydroxylation sites is 1. The molecule has 9 heteroatoms. The van der Waals surface area contributed by atoms with E-state index in [2.05, 4.69) is 4.72 Å². The summed E-state index contributed by atoms with van der Waals surface area (Å²) in [4.78, 5) is 15.2. The third-order valence-corrected chi connectivity index (χ3v) is 7.25. The summed E-state index contributed by atoms with van der Waals surface area (Å²) in [7, 11) is -2.14. The number of nitrogens with one attached hydrogen (secondary N) is 1. The number of methoxy groups -OCH3 is 1. The quantitative estimate of drug-likeness (QED) is 0.641. The van der Waals surface area contributed by atoms with Crippen molar-refractivity contribution in [1.29, 1.82) is 0 Å². The fourth-order valence-electron chi connectivity index (χ4n) is 5.32. The van der Waals surface area contributed by atoms with E-state index in [9.17, 15) is 22.7 Å². The minimum atomic E-state index is -3.46. The molecule has 2 N–H and O–H groups in total. The van der Waals surface area contributed by atoms with Crippen LogP contribution in [-0.2, 0) is 26.0 Å². The molecule has 2 saturated heterocycles. The molecule has 2 heterocycles. The number of fused-ring (bicyclic) bond motifs is 1. The number of nitrogens with zero attached hydrogens (tertiary/aromatic N) is 1. The first kappa shape index (κ1) is 22.7. The molecule has 0 aliphatic carbocycles.